The van der Waals surface area contributed by atoms with E-state index in [0.29, 0.717) is 0 Å². The molecule has 0 spiro atoms. The normalized spacial score (nSPS) is 10.3. The van der Waals surface area contributed by atoms with E-state index in [0.717, 1.165) is 21.0 Å². The average molecular weight is 237 g/mol. The summed E-state index contributed by atoms with van der Waals surface area (Å²) < 4.78 is 0. The van der Waals surface area contributed by atoms with Gasteiger partial charge in [-0.25, -0.2) is 0 Å². The van der Waals surface area contributed by atoms with Gasteiger partial charge < -0.3 is 0 Å². The second-order valence-electron chi connectivity index (χ2n) is 3.26. The third-order valence-electron chi connectivity index (χ3n) is 2.14. The first-order valence-electron chi connectivity index (χ1n) is 4.52. The Labute approximate surface area is 97.3 Å². The molecule has 0 saturated heterocycles. The molecule has 0 saturated carbocycles. The predicted molar refractivity (Wildman–Crippen MR) is 64.8 cm³/mol. The molecule has 0 aliphatic rings. The lowest BCUT2D eigenvalue weighted by atomic mass is 10.1. The Hall–Kier alpha value is -1.12. The number of Topliss-reactive ketones (excluding diaryl/α,β-unsaturated/α-hetero) is 1. The van der Waals surface area contributed by atoms with E-state index >= 15 is 0 Å². The maximum Gasteiger partial charge on any atom is 0.159 e. The number of ketones is 1. The standard InChI is InChI=1S/C12H9ClOS/c1-8(14)9-2-4-10(5-3-9)12-6-11(13)7-15-12/h2-7H,1H3. The summed E-state index contributed by atoms with van der Waals surface area (Å²) in [5, 5.41) is 2.65. The molecule has 0 fully saturated rings. The van der Waals surface area contributed by atoms with Crippen molar-refractivity contribution in [3.05, 3.63) is 46.3 Å². The van der Waals surface area contributed by atoms with Crippen LogP contribution < -0.4 is 0 Å². The summed E-state index contributed by atoms with van der Waals surface area (Å²) in [5.74, 6) is 0.0887. The molecule has 3 heteroatoms. The van der Waals surface area contributed by atoms with Crippen molar-refractivity contribution in [1.82, 2.24) is 0 Å². The van der Waals surface area contributed by atoms with E-state index < -0.39 is 0 Å². The zero-order chi connectivity index (χ0) is 10.8. The van der Waals surface area contributed by atoms with Gasteiger partial charge in [-0.2, -0.15) is 0 Å². The number of thiophene rings is 1. The molecule has 0 radical (unpaired) electrons. The van der Waals surface area contributed by atoms with Crippen molar-refractivity contribution >= 4 is 28.7 Å². The Bertz CT molecular complexity index is 485. The maximum absolute atomic E-state index is 11.1. The van der Waals surface area contributed by atoms with E-state index in [1.54, 1.807) is 18.3 Å². The number of carbonyl (C=O) groups excluding carboxylic acids is 1. The zero-order valence-corrected chi connectivity index (χ0v) is 9.73. The van der Waals surface area contributed by atoms with Crippen LogP contribution >= 0.6 is 22.9 Å². The average Bonchev–Trinajstić information content (AvgIpc) is 2.65. The fourth-order valence-electron chi connectivity index (χ4n) is 1.33. The quantitative estimate of drug-likeness (QED) is 0.712. The molecule has 1 nitrogen and oxygen atoms in total. The summed E-state index contributed by atoms with van der Waals surface area (Å²) >= 11 is 7.45. The monoisotopic (exact) mass is 236 g/mol. The van der Waals surface area contributed by atoms with Crippen molar-refractivity contribution in [2.45, 2.75) is 6.92 Å². The molecule has 76 valence electrons. The lowest BCUT2D eigenvalue weighted by Gasteiger charge is -1.98. The fourth-order valence-corrected chi connectivity index (χ4v) is 2.42. The van der Waals surface area contributed by atoms with Crippen molar-refractivity contribution < 1.29 is 4.79 Å². The second kappa shape index (κ2) is 4.17. The molecule has 1 aromatic carbocycles. The van der Waals surface area contributed by atoms with Crippen LogP contribution in [0.15, 0.2) is 35.7 Å². The molecule has 0 aliphatic heterocycles. The number of rotatable bonds is 2. The Kier molecular flexibility index (Phi) is 2.89. The maximum atomic E-state index is 11.1. The summed E-state index contributed by atoms with van der Waals surface area (Å²) in [5.41, 5.74) is 1.83. The van der Waals surface area contributed by atoms with Gasteiger partial charge in [-0.3, -0.25) is 4.79 Å². The number of hydrogen-bond donors (Lipinski definition) is 0. The molecular weight excluding hydrogens is 228 g/mol. The Morgan fingerprint density at radius 3 is 2.40 bits per heavy atom. The highest BCUT2D eigenvalue weighted by molar-refractivity contribution is 7.14. The van der Waals surface area contributed by atoms with Crippen LogP contribution in [0.4, 0.5) is 0 Å². The van der Waals surface area contributed by atoms with Crippen LogP contribution in [0.5, 0.6) is 0 Å². The van der Waals surface area contributed by atoms with E-state index in [9.17, 15) is 4.79 Å². The van der Waals surface area contributed by atoms with Crippen LogP contribution in [-0.4, -0.2) is 5.78 Å². The lowest BCUT2D eigenvalue weighted by molar-refractivity contribution is 0.101. The molecule has 0 N–H and O–H groups in total. The minimum absolute atomic E-state index is 0.0887. The van der Waals surface area contributed by atoms with Crippen molar-refractivity contribution in [1.29, 1.82) is 0 Å². The highest BCUT2D eigenvalue weighted by atomic mass is 35.5. The molecule has 0 amide bonds. The van der Waals surface area contributed by atoms with Crippen molar-refractivity contribution in [3.63, 3.8) is 0 Å². The third kappa shape index (κ3) is 2.28. The Balaban J connectivity index is 2.35. The summed E-state index contributed by atoms with van der Waals surface area (Å²) in [6.07, 6.45) is 0. The molecule has 0 unspecified atom stereocenters. The van der Waals surface area contributed by atoms with Crippen LogP contribution in [0.3, 0.4) is 0 Å². The first-order valence-corrected chi connectivity index (χ1v) is 5.78. The molecule has 0 bridgehead atoms. The van der Waals surface area contributed by atoms with Crippen LogP contribution in [0.1, 0.15) is 17.3 Å². The third-order valence-corrected chi connectivity index (χ3v) is 3.47. The van der Waals surface area contributed by atoms with E-state index in [2.05, 4.69) is 0 Å². The van der Waals surface area contributed by atoms with Crippen LogP contribution in [-0.2, 0) is 0 Å². The van der Waals surface area contributed by atoms with Gasteiger partial charge in [0.2, 0.25) is 0 Å². The first-order chi connectivity index (χ1) is 7.16. The lowest BCUT2D eigenvalue weighted by Crippen LogP contribution is -1.90. The minimum Gasteiger partial charge on any atom is -0.295 e. The van der Waals surface area contributed by atoms with Crippen LogP contribution in [0, 0.1) is 0 Å². The highest BCUT2D eigenvalue weighted by Gasteiger charge is 2.03. The fraction of sp³-hybridized carbons (Fsp3) is 0.0833. The van der Waals surface area contributed by atoms with Crippen molar-refractivity contribution in [2.24, 2.45) is 0 Å². The molecule has 2 aromatic rings. The first kappa shape index (κ1) is 10.4. The highest BCUT2D eigenvalue weighted by Crippen LogP contribution is 2.29. The summed E-state index contributed by atoms with van der Waals surface area (Å²) in [7, 11) is 0. The minimum atomic E-state index is 0.0887. The molecule has 15 heavy (non-hydrogen) atoms. The van der Waals surface area contributed by atoms with Gasteiger partial charge in [-0.05, 0) is 18.6 Å². The number of hydrogen-bond acceptors (Lipinski definition) is 2. The van der Waals surface area contributed by atoms with Gasteiger partial charge in [0.1, 0.15) is 0 Å². The zero-order valence-electron chi connectivity index (χ0n) is 8.16. The van der Waals surface area contributed by atoms with Crippen molar-refractivity contribution in [3.8, 4) is 10.4 Å². The van der Waals surface area contributed by atoms with Gasteiger partial charge in [0, 0.05) is 15.8 Å². The molecule has 0 atom stereocenters. The predicted octanol–water partition coefficient (Wildman–Crippen LogP) is 4.27. The molecule has 0 aliphatic carbocycles. The number of halogens is 1. The number of benzene rings is 1. The van der Waals surface area contributed by atoms with Gasteiger partial charge in [-0.1, -0.05) is 35.9 Å². The van der Waals surface area contributed by atoms with Gasteiger partial charge >= 0.3 is 0 Å². The van der Waals surface area contributed by atoms with E-state index in [4.69, 9.17) is 11.6 Å². The van der Waals surface area contributed by atoms with Gasteiger partial charge in [0.05, 0.1) is 5.02 Å². The van der Waals surface area contributed by atoms with E-state index in [1.165, 1.54) is 0 Å². The molecule has 1 heterocycles. The van der Waals surface area contributed by atoms with Gasteiger partial charge in [0.25, 0.3) is 0 Å². The Morgan fingerprint density at radius 2 is 1.93 bits per heavy atom. The summed E-state index contributed by atoms with van der Waals surface area (Å²) in [4.78, 5) is 12.2. The SMILES string of the molecule is CC(=O)c1ccc(-c2cc(Cl)cs2)cc1. The molecular formula is C12H9ClOS. The van der Waals surface area contributed by atoms with Crippen LogP contribution in [0.25, 0.3) is 10.4 Å². The largest absolute Gasteiger partial charge is 0.295 e. The van der Waals surface area contributed by atoms with E-state index in [-0.39, 0.29) is 5.78 Å². The topological polar surface area (TPSA) is 17.1 Å². The van der Waals surface area contributed by atoms with Crippen LogP contribution in [0.2, 0.25) is 5.02 Å². The number of carbonyl (C=O) groups is 1. The Morgan fingerprint density at radius 1 is 1.27 bits per heavy atom. The smallest absolute Gasteiger partial charge is 0.159 e. The molecule has 1 aromatic heterocycles. The van der Waals surface area contributed by atoms with Crippen molar-refractivity contribution in [2.75, 3.05) is 0 Å². The summed E-state index contributed by atoms with van der Waals surface area (Å²) in [6, 6.07) is 9.49. The summed E-state index contributed by atoms with van der Waals surface area (Å²) in [6.45, 7) is 1.57. The van der Waals surface area contributed by atoms with Gasteiger partial charge in [-0.15, -0.1) is 11.3 Å². The van der Waals surface area contributed by atoms with Gasteiger partial charge in [0.15, 0.2) is 5.78 Å². The molecule has 2 rings (SSSR count). The van der Waals surface area contributed by atoms with E-state index in [1.807, 2.05) is 35.7 Å². The second-order valence-corrected chi connectivity index (χ2v) is 4.61.